The number of hydrogen-bond acceptors (Lipinski definition) is 4. The molecule has 1 fully saturated rings. The van der Waals surface area contributed by atoms with Crippen molar-refractivity contribution in [2.45, 2.75) is 46.2 Å². The first-order chi connectivity index (χ1) is 10.2. The van der Waals surface area contributed by atoms with Crippen molar-refractivity contribution in [2.75, 3.05) is 39.8 Å². The maximum absolute atomic E-state index is 3.50. The van der Waals surface area contributed by atoms with Gasteiger partial charge in [-0.05, 0) is 64.5 Å². The summed E-state index contributed by atoms with van der Waals surface area (Å²) in [6.45, 7) is 12.7. The molecule has 0 amide bonds. The number of thiophene rings is 1. The van der Waals surface area contributed by atoms with Crippen LogP contribution >= 0.6 is 11.3 Å². The molecule has 1 aromatic heterocycles. The van der Waals surface area contributed by atoms with Crippen molar-refractivity contribution in [3.05, 3.63) is 21.4 Å². The molecular formula is C17H31N3S. The zero-order chi connectivity index (χ0) is 15.1. The topological polar surface area (TPSA) is 18.5 Å². The van der Waals surface area contributed by atoms with Crippen LogP contribution in [0.3, 0.4) is 0 Å². The summed E-state index contributed by atoms with van der Waals surface area (Å²) >= 11 is 1.95. The minimum Gasteiger partial charge on any atom is -0.312 e. The van der Waals surface area contributed by atoms with Crippen molar-refractivity contribution in [3.8, 4) is 0 Å². The molecule has 1 aromatic rings. The van der Waals surface area contributed by atoms with Crippen LogP contribution in [0, 0.1) is 6.92 Å². The van der Waals surface area contributed by atoms with Crippen molar-refractivity contribution >= 4 is 11.3 Å². The van der Waals surface area contributed by atoms with Crippen LogP contribution in [0.4, 0.5) is 0 Å². The van der Waals surface area contributed by atoms with Gasteiger partial charge in [-0.1, -0.05) is 6.92 Å². The molecule has 1 aliphatic heterocycles. The van der Waals surface area contributed by atoms with E-state index in [1.165, 1.54) is 60.8 Å². The van der Waals surface area contributed by atoms with E-state index in [0.717, 1.165) is 19.6 Å². The van der Waals surface area contributed by atoms with Gasteiger partial charge in [0, 0.05) is 35.9 Å². The second kappa shape index (κ2) is 8.89. The van der Waals surface area contributed by atoms with Crippen LogP contribution in [-0.4, -0.2) is 49.6 Å². The van der Waals surface area contributed by atoms with Crippen molar-refractivity contribution in [1.82, 2.24) is 15.1 Å². The second-order valence-corrected chi connectivity index (χ2v) is 7.60. The van der Waals surface area contributed by atoms with Crippen LogP contribution in [0.5, 0.6) is 0 Å². The molecule has 2 rings (SSSR count). The van der Waals surface area contributed by atoms with E-state index in [1.807, 2.05) is 11.3 Å². The molecule has 1 aliphatic rings. The van der Waals surface area contributed by atoms with E-state index in [2.05, 4.69) is 42.1 Å². The number of likely N-dealkylation sites (tertiary alicyclic amines) is 1. The number of nitrogens with one attached hydrogen (secondary N) is 1. The Labute approximate surface area is 134 Å². The van der Waals surface area contributed by atoms with Crippen LogP contribution in [0.2, 0.25) is 0 Å². The summed E-state index contributed by atoms with van der Waals surface area (Å²) in [6.07, 6.45) is 3.99. The molecule has 0 saturated carbocycles. The van der Waals surface area contributed by atoms with Gasteiger partial charge in [-0.15, -0.1) is 11.3 Å². The summed E-state index contributed by atoms with van der Waals surface area (Å²) < 4.78 is 0. The first-order valence-corrected chi connectivity index (χ1v) is 9.20. The highest BCUT2D eigenvalue weighted by Crippen LogP contribution is 2.22. The van der Waals surface area contributed by atoms with Crippen LogP contribution < -0.4 is 5.32 Å². The molecule has 2 heterocycles. The normalized spacial score (nSPS) is 16.2. The van der Waals surface area contributed by atoms with E-state index in [0.29, 0.717) is 0 Å². The predicted molar refractivity (Wildman–Crippen MR) is 93.1 cm³/mol. The lowest BCUT2D eigenvalue weighted by atomic mass is 10.2. The fourth-order valence-corrected chi connectivity index (χ4v) is 3.93. The minimum absolute atomic E-state index is 1.02. The molecule has 1 saturated heterocycles. The van der Waals surface area contributed by atoms with Crippen LogP contribution in [-0.2, 0) is 13.1 Å². The van der Waals surface area contributed by atoms with Crippen LogP contribution in [0.25, 0.3) is 0 Å². The highest BCUT2D eigenvalue weighted by atomic mass is 32.1. The molecule has 4 heteroatoms. The van der Waals surface area contributed by atoms with E-state index in [4.69, 9.17) is 0 Å². The van der Waals surface area contributed by atoms with Crippen molar-refractivity contribution in [3.63, 3.8) is 0 Å². The predicted octanol–water partition coefficient (Wildman–Crippen LogP) is 3.08. The van der Waals surface area contributed by atoms with Crippen LogP contribution in [0.15, 0.2) is 6.07 Å². The third kappa shape index (κ3) is 5.70. The van der Waals surface area contributed by atoms with E-state index < -0.39 is 0 Å². The first-order valence-electron chi connectivity index (χ1n) is 8.39. The van der Waals surface area contributed by atoms with Gasteiger partial charge >= 0.3 is 0 Å². The average molecular weight is 310 g/mol. The Balaban J connectivity index is 1.75. The van der Waals surface area contributed by atoms with E-state index in [9.17, 15) is 0 Å². The Morgan fingerprint density at radius 3 is 2.81 bits per heavy atom. The molecular weight excluding hydrogens is 278 g/mol. The summed E-state index contributed by atoms with van der Waals surface area (Å²) in [7, 11) is 2.25. The summed E-state index contributed by atoms with van der Waals surface area (Å²) in [6, 6.07) is 2.40. The molecule has 0 atom stereocenters. The molecule has 3 nitrogen and oxygen atoms in total. The maximum Gasteiger partial charge on any atom is 0.0299 e. The average Bonchev–Trinajstić information content (AvgIpc) is 3.08. The lowest BCUT2D eigenvalue weighted by Crippen LogP contribution is -2.31. The van der Waals surface area contributed by atoms with E-state index in [-0.39, 0.29) is 0 Å². The molecule has 0 aromatic carbocycles. The third-order valence-electron chi connectivity index (χ3n) is 4.23. The van der Waals surface area contributed by atoms with E-state index in [1.54, 1.807) is 0 Å². The lowest BCUT2D eigenvalue weighted by Gasteiger charge is -2.21. The SMILES string of the molecule is CCCNCc1cc(CN(C)CCN2CCCC2)c(C)s1. The summed E-state index contributed by atoms with van der Waals surface area (Å²) in [5.41, 5.74) is 1.51. The summed E-state index contributed by atoms with van der Waals surface area (Å²) in [5.74, 6) is 0. The Hall–Kier alpha value is -0.420. The van der Waals surface area contributed by atoms with Gasteiger partial charge in [0.05, 0.1) is 0 Å². The van der Waals surface area contributed by atoms with Gasteiger partial charge in [-0.2, -0.15) is 0 Å². The van der Waals surface area contributed by atoms with E-state index >= 15 is 0 Å². The molecule has 0 unspecified atom stereocenters. The maximum atomic E-state index is 3.50. The number of nitrogens with zero attached hydrogens (tertiary/aromatic N) is 2. The molecule has 0 spiro atoms. The fraction of sp³-hybridized carbons (Fsp3) is 0.765. The van der Waals surface area contributed by atoms with Crippen molar-refractivity contribution < 1.29 is 0 Å². The van der Waals surface area contributed by atoms with Gasteiger partial charge < -0.3 is 15.1 Å². The van der Waals surface area contributed by atoms with Gasteiger partial charge in [0.2, 0.25) is 0 Å². The number of rotatable bonds is 9. The number of aryl methyl sites for hydroxylation is 1. The van der Waals surface area contributed by atoms with Gasteiger partial charge in [0.1, 0.15) is 0 Å². The smallest absolute Gasteiger partial charge is 0.0299 e. The van der Waals surface area contributed by atoms with Gasteiger partial charge in [-0.3, -0.25) is 0 Å². The molecule has 0 bridgehead atoms. The molecule has 0 radical (unpaired) electrons. The lowest BCUT2D eigenvalue weighted by molar-refractivity contribution is 0.252. The van der Waals surface area contributed by atoms with Crippen molar-refractivity contribution in [1.29, 1.82) is 0 Å². The number of likely N-dealkylation sites (N-methyl/N-ethyl adjacent to an activating group) is 1. The standard InChI is InChI=1S/C17H31N3S/c1-4-7-18-13-17-12-16(15(2)21-17)14-19(3)10-11-20-8-5-6-9-20/h12,18H,4-11,13-14H2,1-3H3. The Bertz CT molecular complexity index is 410. The van der Waals surface area contributed by atoms with Gasteiger partial charge in [0.25, 0.3) is 0 Å². The zero-order valence-electron chi connectivity index (χ0n) is 14.0. The molecule has 120 valence electrons. The van der Waals surface area contributed by atoms with Crippen LogP contribution in [0.1, 0.15) is 41.5 Å². The van der Waals surface area contributed by atoms with Gasteiger partial charge in [-0.25, -0.2) is 0 Å². The zero-order valence-corrected chi connectivity index (χ0v) is 14.8. The molecule has 21 heavy (non-hydrogen) atoms. The second-order valence-electron chi connectivity index (χ2n) is 6.26. The highest BCUT2D eigenvalue weighted by Gasteiger charge is 2.13. The minimum atomic E-state index is 1.02. The quantitative estimate of drug-likeness (QED) is 0.707. The fourth-order valence-electron chi connectivity index (χ4n) is 2.91. The Kier molecular flexibility index (Phi) is 7.17. The third-order valence-corrected chi connectivity index (χ3v) is 5.33. The number of hydrogen-bond donors (Lipinski definition) is 1. The highest BCUT2D eigenvalue weighted by molar-refractivity contribution is 7.12. The Morgan fingerprint density at radius 1 is 1.33 bits per heavy atom. The van der Waals surface area contributed by atoms with Crippen molar-refractivity contribution in [2.24, 2.45) is 0 Å². The summed E-state index contributed by atoms with van der Waals surface area (Å²) in [5, 5.41) is 3.50. The largest absolute Gasteiger partial charge is 0.312 e. The van der Waals surface area contributed by atoms with Gasteiger partial charge in [0.15, 0.2) is 0 Å². The molecule has 0 aliphatic carbocycles. The Morgan fingerprint density at radius 2 is 2.10 bits per heavy atom. The molecule has 1 N–H and O–H groups in total. The summed E-state index contributed by atoms with van der Waals surface area (Å²) in [4.78, 5) is 8.02. The monoisotopic (exact) mass is 309 g/mol. The first kappa shape index (κ1) is 16.9.